The maximum absolute atomic E-state index is 12.7. The summed E-state index contributed by atoms with van der Waals surface area (Å²) in [7, 11) is -3.65. The number of hydrogen-bond acceptors (Lipinski definition) is 3. The van der Waals surface area contributed by atoms with Gasteiger partial charge in [-0.3, -0.25) is 0 Å². The summed E-state index contributed by atoms with van der Waals surface area (Å²) in [4.78, 5) is -0.0994. The third-order valence-corrected chi connectivity index (χ3v) is 3.38. The Kier molecular flexibility index (Phi) is 3.31. The molecule has 0 radical (unpaired) electrons. The second-order valence-electron chi connectivity index (χ2n) is 3.46. The summed E-state index contributed by atoms with van der Waals surface area (Å²) in [6.45, 7) is 3.38. The molecular formula is C9H13FN2O2S. The first-order chi connectivity index (χ1) is 6.83. The SMILES string of the molecule is CC(C)NS(=O)(=O)c1ccc(F)cc1N. The molecule has 0 aliphatic carbocycles. The molecule has 1 aromatic carbocycles. The number of halogens is 1. The van der Waals surface area contributed by atoms with E-state index in [4.69, 9.17) is 5.73 Å². The van der Waals surface area contributed by atoms with Gasteiger partial charge in [0.05, 0.1) is 5.69 Å². The van der Waals surface area contributed by atoms with Crippen molar-refractivity contribution in [1.82, 2.24) is 4.72 Å². The van der Waals surface area contributed by atoms with E-state index in [2.05, 4.69) is 4.72 Å². The Morgan fingerprint density at radius 3 is 2.47 bits per heavy atom. The predicted molar refractivity (Wildman–Crippen MR) is 56.3 cm³/mol. The van der Waals surface area contributed by atoms with Gasteiger partial charge in [-0.1, -0.05) is 0 Å². The molecule has 0 spiro atoms. The van der Waals surface area contributed by atoms with Gasteiger partial charge in [-0.25, -0.2) is 17.5 Å². The summed E-state index contributed by atoms with van der Waals surface area (Å²) >= 11 is 0. The van der Waals surface area contributed by atoms with Crippen LogP contribution in [-0.4, -0.2) is 14.5 Å². The lowest BCUT2D eigenvalue weighted by atomic mass is 10.3. The molecule has 0 aliphatic heterocycles. The van der Waals surface area contributed by atoms with Gasteiger partial charge in [0.2, 0.25) is 10.0 Å². The van der Waals surface area contributed by atoms with Crippen molar-refractivity contribution in [2.45, 2.75) is 24.8 Å². The molecule has 0 unspecified atom stereocenters. The Morgan fingerprint density at radius 2 is 2.00 bits per heavy atom. The van der Waals surface area contributed by atoms with E-state index in [1.807, 2.05) is 0 Å². The van der Waals surface area contributed by atoms with Crippen molar-refractivity contribution in [2.24, 2.45) is 0 Å². The van der Waals surface area contributed by atoms with Crippen LogP contribution in [-0.2, 0) is 10.0 Å². The van der Waals surface area contributed by atoms with Crippen LogP contribution >= 0.6 is 0 Å². The van der Waals surface area contributed by atoms with Crippen LogP contribution in [0.5, 0.6) is 0 Å². The fourth-order valence-corrected chi connectivity index (χ4v) is 2.50. The second kappa shape index (κ2) is 4.16. The van der Waals surface area contributed by atoms with E-state index in [1.165, 1.54) is 0 Å². The highest BCUT2D eigenvalue weighted by atomic mass is 32.2. The quantitative estimate of drug-likeness (QED) is 0.766. The van der Waals surface area contributed by atoms with E-state index in [1.54, 1.807) is 13.8 Å². The summed E-state index contributed by atoms with van der Waals surface area (Å²) in [5, 5.41) is 0. The lowest BCUT2D eigenvalue weighted by molar-refractivity contribution is 0.569. The number of sulfonamides is 1. The normalized spacial score (nSPS) is 12.0. The van der Waals surface area contributed by atoms with Crippen molar-refractivity contribution in [3.05, 3.63) is 24.0 Å². The largest absolute Gasteiger partial charge is 0.398 e. The number of nitrogens with one attached hydrogen (secondary N) is 1. The third kappa shape index (κ3) is 2.90. The molecule has 0 bridgehead atoms. The summed E-state index contributed by atoms with van der Waals surface area (Å²) in [6, 6.07) is 2.95. The van der Waals surface area contributed by atoms with Crippen LogP contribution < -0.4 is 10.5 Å². The molecule has 1 aromatic rings. The Bertz CT molecular complexity index is 457. The minimum Gasteiger partial charge on any atom is -0.398 e. The van der Waals surface area contributed by atoms with Gasteiger partial charge in [0.1, 0.15) is 10.7 Å². The van der Waals surface area contributed by atoms with Crippen LogP contribution in [0.4, 0.5) is 10.1 Å². The fourth-order valence-electron chi connectivity index (χ4n) is 1.14. The fraction of sp³-hybridized carbons (Fsp3) is 0.333. The van der Waals surface area contributed by atoms with Crippen molar-refractivity contribution in [3.8, 4) is 0 Å². The minimum atomic E-state index is -3.65. The molecule has 0 amide bonds. The van der Waals surface area contributed by atoms with Crippen molar-refractivity contribution >= 4 is 15.7 Å². The van der Waals surface area contributed by atoms with Crippen molar-refractivity contribution in [1.29, 1.82) is 0 Å². The molecule has 0 saturated carbocycles. The Hall–Kier alpha value is -1.14. The van der Waals surface area contributed by atoms with Gasteiger partial charge in [0.15, 0.2) is 0 Å². The average molecular weight is 232 g/mol. The standard InChI is InChI=1S/C9H13FN2O2S/c1-6(2)12-15(13,14)9-4-3-7(10)5-8(9)11/h3-6,12H,11H2,1-2H3. The third-order valence-electron chi connectivity index (χ3n) is 1.65. The molecule has 3 N–H and O–H groups in total. The first-order valence-electron chi connectivity index (χ1n) is 4.40. The molecule has 84 valence electrons. The number of nitrogen functional groups attached to an aromatic ring is 1. The number of hydrogen-bond donors (Lipinski definition) is 2. The van der Waals surface area contributed by atoms with E-state index in [-0.39, 0.29) is 16.6 Å². The summed E-state index contributed by atoms with van der Waals surface area (Å²) in [5.41, 5.74) is 5.33. The molecular weight excluding hydrogens is 219 g/mol. The van der Waals surface area contributed by atoms with Crippen LogP contribution in [0.25, 0.3) is 0 Å². The molecule has 15 heavy (non-hydrogen) atoms. The van der Waals surface area contributed by atoms with Gasteiger partial charge in [-0.05, 0) is 32.0 Å². The van der Waals surface area contributed by atoms with E-state index >= 15 is 0 Å². The van der Waals surface area contributed by atoms with Gasteiger partial charge >= 0.3 is 0 Å². The number of nitrogens with two attached hydrogens (primary N) is 1. The highest BCUT2D eigenvalue weighted by molar-refractivity contribution is 7.89. The number of benzene rings is 1. The molecule has 0 aliphatic rings. The van der Waals surface area contributed by atoms with E-state index in [0.717, 1.165) is 18.2 Å². The van der Waals surface area contributed by atoms with Crippen LogP contribution in [0.2, 0.25) is 0 Å². The topological polar surface area (TPSA) is 72.2 Å². The van der Waals surface area contributed by atoms with Gasteiger partial charge in [0, 0.05) is 6.04 Å². The minimum absolute atomic E-state index is 0.0943. The number of rotatable bonds is 3. The number of anilines is 1. The average Bonchev–Trinajstić information content (AvgIpc) is 1.99. The van der Waals surface area contributed by atoms with Gasteiger partial charge in [0.25, 0.3) is 0 Å². The Balaban J connectivity index is 3.16. The molecule has 0 aromatic heterocycles. The lowest BCUT2D eigenvalue weighted by Crippen LogP contribution is -2.30. The molecule has 0 heterocycles. The van der Waals surface area contributed by atoms with Crippen LogP contribution in [0.15, 0.2) is 23.1 Å². The highest BCUT2D eigenvalue weighted by Gasteiger charge is 2.18. The summed E-state index contributed by atoms with van der Waals surface area (Å²) in [6.07, 6.45) is 0. The molecule has 6 heteroatoms. The Labute approximate surface area is 88.3 Å². The van der Waals surface area contributed by atoms with Gasteiger partial charge in [-0.15, -0.1) is 0 Å². The first kappa shape index (κ1) is 11.9. The zero-order chi connectivity index (χ0) is 11.6. The van der Waals surface area contributed by atoms with Crippen LogP contribution in [0, 0.1) is 5.82 Å². The van der Waals surface area contributed by atoms with E-state index < -0.39 is 15.8 Å². The molecule has 0 fully saturated rings. The second-order valence-corrected chi connectivity index (χ2v) is 5.14. The zero-order valence-corrected chi connectivity index (χ0v) is 9.31. The maximum atomic E-state index is 12.7. The maximum Gasteiger partial charge on any atom is 0.242 e. The molecule has 0 saturated heterocycles. The Morgan fingerprint density at radius 1 is 1.40 bits per heavy atom. The van der Waals surface area contributed by atoms with E-state index in [9.17, 15) is 12.8 Å². The first-order valence-corrected chi connectivity index (χ1v) is 5.88. The zero-order valence-electron chi connectivity index (χ0n) is 8.49. The van der Waals surface area contributed by atoms with Crippen molar-refractivity contribution in [2.75, 3.05) is 5.73 Å². The summed E-state index contributed by atoms with van der Waals surface area (Å²) in [5.74, 6) is -0.559. The predicted octanol–water partition coefficient (Wildman–Crippen LogP) is 1.09. The van der Waals surface area contributed by atoms with Crippen molar-refractivity contribution in [3.63, 3.8) is 0 Å². The van der Waals surface area contributed by atoms with Crippen LogP contribution in [0.3, 0.4) is 0 Å². The highest BCUT2D eigenvalue weighted by Crippen LogP contribution is 2.19. The monoisotopic (exact) mass is 232 g/mol. The molecule has 4 nitrogen and oxygen atoms in total. The molecule has 0 atom stereocenters. The van der Waals surface area contributed by atoms with Crippen LogP contribution in [0.1, 0.15) is 13.8 Å². The van der Waals surface area contributed by atoms with Gasteiger partial charge in [-0.2, -0.15) is 0 Å². The smallest absolute Gasteiger partial charge is 0.242 e. The lowest BCUT2D eigenvalue weighted by Gasteiger charge is -2.11. The summed E-state index contributed by atoms with van der Waals surface area (Å²) < 4.78 is 38.4. The van der Waals surface area contributed by atoms with Gasteiger partial charge < -0.3 is 5.73 Å². The van der Waals surface area contributed by atoms with Crippen molar-refractivity contribution < 1.29 is 12.8 Å². The molecule has 1 rings (SSSR count). The van der Waals surface area contributed by atoms with E-state index in [0.29, 0.717) is 0 Å².